The SMILES string of the molecule is CC.CC[C@H]1OC(=O)[C@H](C)[C@@H](O[C@H]2C[C@@](C)(OC)C[C@H](C)O2)[C@H](C)[C@@H](O[C@H]2C[C@@H](N)C[C@@H](C)O2)CC[C@@H](C)[C@H](O)[C@H](C)C[C@@]1(O)Cc1ccccc1. The largest absolute Gasteiger partial charge is 0.459 e. The molecule has 3 heterocycles. The molecule has 52 heavy (non-hydrogen) atoms. The van der Waals surface area contributed by atoms with Gasteiger partial charge in [-0.2, -0.15) is 0 Å². The third kappa shape index (κ3) is 12.2. The standard InChI is InChI=1S/C40H67NO9.C2H6/c1-10-33-40(44,22-30-14-12-11-13-15-30)20-25(3)36(42)24(2)16-17-32(48-34-19-31(41)18-26(4)46-34)28(6)37(29(7)38(43)49-33)50-35-23-39(8,45-9)21-27(5)47-35;1-2/h11-15,24-29,31-37,42,44H,10,16-23,41H2,1-9H3;1-2H3/t24-,25-,26-,27+,28-,29-,31+,32+,33-,34+,35+,36+,37+,39+,40-;/m1./s1. The van der Waals surface area contributed by atoms with Crippen molar-refractivity contribution >= 4 is 5.97 Å². The van der Waals surface area contributed by atoms with Gasteiger partial charge in [0, 0.05) is 44.8 Å². The highest BCUT2D eigenvalue weighted by Gasteiger charge is 2.47. The summed E-state index contributed by atoms with van der Waals surface area (Å²) in [4.78, 5) is 14.3. The number of aliphatic hydroxyl groups excluding tert-OH is 1. The Balaban J connectivity index is 0.00000358. The van der Waals surface area contributed by atoms with Crippen LogP contribution in [0.1, 0.15) is 126 Å². The first kappa shape index (κ1) is 44.8. The number of ether oxygens (including phenoxy) is 6. The van der Waals surface area contributed by atoms with Gasteiger partial charge in [0.2, 0.25) is 0 Å². The van der Waals surface area contributed by atoms with Gasteiger partial charge in [0.05, 0.1) is 42.0 Å². The van der Waals surface area contributed by atoms with Crippen molar-refractivity contribution in [3.05, 3.63) is 35.9 Å². The molecule has 0 aromatic heterocycles. The fourth-order valence-corrected chi connectivity index (χ4v) is 8.67. The Labute approximate surface area is 314 Å². The Bertz CT molecular complexity index is 1180. The summed E-state index contributed by atoms with van der Waals surface area (Å²) in [6, 6.07) is 9.72. The maximum absolute atomic E-state index is 14.3. The number of methoxy groups -OCH3 is 1. The van der Waals surface area contributed by atoms with Gasteiger partial charge in [-0.3, -0.25) is 4.79 Å². The van der Waals surface area contributed by atoms with E-state index in [9.17, 15) is 15.0 Å². The summed E-state index contributed by atoms with van der Waals surface area (Å²) in [5.41, 5.74) is 5.48. The van der Waals surface area contributed by atoms with Gasteiger partial charge in [0.1, 0.15) is 11.7 Å². The Morgan fingerprint density at radius 2 is 1.54 bits per heavy atom. The molecule has 3 aliphatic rings. The van der Waals surface area contributed by atoms with Crippen molar-refractivity contribution in [2.24, 2.45) is 29.4 Å². The van der Waals surface area contributed by atoms with E-state index in [1.165, 1.54) is 0 Å². The predicted molar refractivity (Wildman–Crippen MR) is 203 cm³/mol. The topological polar surface area (TPSA) is 139 Å². The van der Waals surface area contributed by atoms with Crippen molar-refractivity contribution in [3.8, 4) is 0 Å². The molecule has 3 fully saturated rings. The van der Waals surface area contributed by atoms with E-state index in [1.807, 2.05) is 85.7 Å². The van der Waals surface area contributed by atoms with Crippen LogP contribution in [0, 0.1) is 23.7 Å². The second kappa shape index (κ2) is 20.3. The maximum atomic E-state index is 14.3. The van der Waals surface area contributed by atoms with Crippen molar-refractivity contribution in [1.29, 1.82) is 0 Å². The molecular weight excluding hydrogens is 662 g/mol. The number of hydrogen-bond acceptors (Lipinski definition) is 10. The number of rotatable bonds is 8. The number of nitrogens with two attached hydrogens (primary N) is 1. The third-order valence-corrected chi connectivity index (χ3v) is 11.6. The molecule has 10 nitrogen and oxygen atoms in total. The number of hydrogen-bond donors (Lipinski definition) is 3. The molecule has 0 unspecified atom stereocenters. The van der Waals surface area contributed by atoms with E-state index in [4.69, 9.17) is 34.2 Å². The van der Waals surface area contributed by atoms with Crippen molar-refractivity contribution in [1.82, 2.24) is 0 Å². The number of esters is 1. The van der Waals surface area contributed by atoms with E-state index in [0.29, 0.717) is 32.1 Å². The number of aliphatic hydroxyl groups is 2. The Morgan fingerprint density at radius 1 is 0.885 bits per heavy atom. The molecule has 4 rings (SSSR count). The van der Waals surface area contributed by atoms with Crippen LogP contribution >= 0.6 is 0 Å². The van der Waals surface area contributed by atoms with E-state index in [2.05, 4.69) is 13.8 Å². The van der Waals surface area contributed by atoms with Gasteiger partial charge in [0.15, 0.2) is 12.6 Å². The summed E-state index contributed by atoms with van der Waals surface area (Å²) in [5, 5.41) is 24.1. The van der Waals surface area contributed by atoms with Crippen LogP contribution in [0.3, 0.4) is 0 Å². The van der Waals surface area contributed by atoms with Crippen LogP contribution in [-0.2, 0) is 39.6 Å². The van der Waals surface area contributed by atoms with Crippen LogP contribution in [0.4, 0.5) is 0 Å². The molecule has 0 bridgehead atoms. The molecule has 10 heteroatoms. The molecule has 300 valence electrons. The van der Waals surface area contributed by atoms with E-state index >= 15 is 0 Å². The summed E-state index contributed by atoms with van der Waals surface area (Å²) in [6.45, 7) is 19.9. The zero-order valence-corrected chi connectivity index (χ0v) is 34.1. The molecule has 0 amide bonds. The summed E-state index contributed by atoms with van der Waals surface area (Å²) >= 11 is 0. The van der Waals surface area contributed by atoms with Crippen LogP contribution in [0.2, 0.25) is 0 Å². The molecule has 4 N–H and O–H groups in total. The quantitative estimate of drug-likeness (QED) is 0.241. The van der Waals surface area contributed by atoms with Gasteiger partial charge in [-0.1, -0.05) is 71.9 Å². The van der Waals surface area contributed by atoms with Crippen LogP contribution in [0.15, 0.2) is 30.3 Å². The number of carbonyl (C=O) groups excluding carboxylic acids is 1. The second-order valence-corrected chi connectivity index (χ2v) is 16.3. The first-order chi connectivity index (χ1) is 24.6. The molecule has 3 saturated heterocycles. The lowest BCUT2D eigenvalue weighted by molar-refractivity contribution is -0.276. The van der Waals surface area contributed by atoms with Gasteiger partial charge in [-0.15, -0.1) is 0 Å². The average molecular weight is 736 g/mol. The molecular formula is C42H73NO9. The van der Waals surface area contributed by atoms with E-state index in [-0.39, 0.29) is 54.9 Å². The highest BCUT2D eigenvalue weighted by atomic mass is 16.7. The highest BCUT2D eigenvalue weighted by Crippen LogP contribution is 2.39. The fraction of sp³-hybridized carbons (Fsp3) is 0.833. The highest BCUT2D eigenvalue weighted by molar-refractivity contribution is 5.73. The average Bonchev–Trinajstić information content (AvgIpc) is 3.10. The van der Waals surface area contributed by atoms with Crippen LogP contribution in [-0.4, -0.2) is 89.7 Å². The second-order valence-electron chi connectivity index (χ2n) is 16.3. The molecule has 0 spiro atoms. The van der Waals surface area contributed by atoms with E-state index in [1.54, 1.807) is 7.11 Å². The smallest absolute Gasteiger partial charge is 0.311 e. The minimum Gasteiger partial charge on any atom is -0.459 e. The molecule has 1 aromatic carbocycles. The van der Waals surface area contributed by atoms with Crippen molar-refractivity contribution in [2.45, 2.75) is 193 Å². The van der Waals surface area contributed by atoms with Crippen molar-refractivity contribution in [2.75, 3.05) is 7.11 Å². The van der Waals surface area contributed by atoms with Gasteiger partial charge in [-0.05, 0) is 77.2 Å². The Morgan fingerprint density at radius 3 is 2.15 bits per heavy atom. The zero-order chi connectivity index (χ0) is 38.8. The molecule has 0 saturated carbocycles. The van der Waals surface area contributed by atoms with Crippen molar-refractivity contribution < 1.29 is 43.4 Å². The first-order valence-electron chi connectivity index (χ1n) is 20.1. The first-order valence-corrected chi connectivity index (χ1v) is 20.1. The lowest BCUT2D eigenvalue weighted by atomic mass is 9.76. The van der Waals surface area contributed by atoms with Crippen LogP contribution in [0.25, 0.3) is 0 Å². The van der Waals surface area contributed by atoms with Gasteiger partial charge >= 0.3 is 5.97 Å². The number of cyclic esters (lactones) is 1. The lowest BCUT2D eigenvalue weighted by Crippen LogP contribution is -2.52. The summed E-state index contributed by atoms with van der Waals surface area (Å²) in [6.07, 6.45) is 0.952. The maximum Gasteiger partial charge on any atom is 0.311 e. The predicted octanol–water partition coefficient (Wildman–Crippen LogP) is 6.95. The minimum atomic E-state index is -1.40. The molecule has 15 atom stereocenters. The minimum absolute atomic E-state index is 0.0374. The molecule has 3 aliphatic heterocycles. The van der Waals surface area contributed by atoms with Crippen LogP contribution in [0.5, 0.6) is 0 Å². The third-order valence-electron chi connectivity index (χ3n) is 11.6. The summed E-state index contributed by atoms with van der Waals surface area (Å²) in [5.74, 6) is -1.85. The normalized spacial score (nSPS) is 42.7. The van der Waals surface area contributed by atoms with E-state index in [0.717, 1.165) is 18.4 Å². The molecule has 0 aliphatic carbocycles. The Kier molecular flexibility index (Phi) is 17.5. The van der Waals surface area contributed by atoms with Gasteiger partial charge in [0.25, 0.3) is 0 Å². The van der Waals surface area contributed by atoms with E-state index < -0.39 is 54.0 Å². The van der Waals surface area contributed by atoms with Gasteiger partial charge in [-0.25, -0.2) is 0 Å². The Hall–Kier alpha value is -1.63. The number of benzene rings is 1. The van der Waals surface area contributed by atoms with Crippen molar-refractivity contribution in [3.63, 3.8) is 0 Å². The summed E-state index contributed by atoms with van der Waals surface area (Å²) in [7, 11) is 1.71. The lowest BCUT2D eigenvalue weighted by Gasteiger charge is -2.44. The van der Waals surface area contributed by atoms with Gasteiger partial charge < -0.3 is 44.4 Å². The van der Waals surface area contributed by atoms with Crippen LogP contribution < -0.4 is 5.73 Å². The number of carbonyl (C=O) groups is 1. The molecule has 0 radical (unpaired) electrons. The molecule has 1 aromatic rings. The zero-order valence-electron chi connectivity index (χ0n) is 34.1. The monoisotopic (exact) mass is 736 g/mol. The summed E-state index contributed by atoms with van der Waals surface area (Å²) < 4.78 is 38.4. The fourth-order valence-electron chi connectivity index (χ4n) is 8.67.